The van der Waals surface area contributed by atoms with Crippen molar-refractivity contribution in [1.82, 2.24) is 5.32 Å². The first kappa shape index (κ1) is 13.5. The van der Waals surface area contributed by atoms with Crippen LogP contribution in [0.5, 0.6) is 0 Å². The molecule has 0 bridgehead atoms. The van der Waals surface area contributed by atoms with Gasteiger partial charge >= 0.3 is 0 Å². The number of hydrogen-bond donors (Lipinski definition) is 1. The molecule has 1 heterocycles. The van der Waals surface area contributed by atoms with Crippen LogP contribution in [0.2, 0.25) is 0 Å². The average Bonchev–Trinajstić information content (AvgIpc) is 2.24. The van der Waals surface area contributed by atoms with Gasteiger partial charge in [0.25, 0.3) is 0 Å². The van der Waals surface area contributed by atoms with Crippen LogP contribution in [0.4, 0.5) is 0 Å². The molecule has 0 saturated carbocycles. The fourth-order valence-corrected chi connectivity index (χ4v) is 2.13. The molecule has 1 rings (SSSR count). The lowest BCUT2D eigenvalue weighted by atomic mass is 9.92. The third-order valence-electron chi connectivity index (χ3n) is 2.97. The molecule has 3 nitrogen and oxygen atoms in total. The highest BCUT2D eigenvalue weighted by Crippen LogP contribution is 2.21. The number of nitriles is 1. The zero-order valence-corrected chi connectivity index (χ0v) is 10.8. The summed E-state index contributed by atoms with van der Waals surface area (Å²) < 4.78 is 5.33. The van der Waals surface area contributed by atoms with Crippen LogP contribution in [0.1, 0.15) is 46.5 Å². The molecule has 0 aromatic rings. The van der Waals surface area contributed by atoms with E-state index in [0.29, 0.717) is 0 Å². The van der Waals surface area contributed by atoms with Crippen LogP contribution in [0.25, 0.3) is 0 Å². The quantitative estimate of drug-likeness (QED) is 0.798. The summed E-state index contributed by atoms with van der Waals surface area (Å²) in [5.74, 6) is 0.756. The molecule has 3 heteroatoms. The number of rotatable bonds is 4. The van der Waals surface area contributed by atoms with E-state index in [4.69, 9.17) is 10.00 Å². The molecule has 1 fully saturated rings. The topological polar surface area (TPSA) is 45.0 Å². The molecule has 0 spiro atoms. The Balaban J connectivity index is 2.25. The summed E-state index contributed by atoms with van der Waals surface area (Å²) in [6.45, 7) is 8.10. The first-order valence-corrected chi connectivity index (χ1v) is 6.26. The van der Waals surface area contributed by atoms with Gasteiger partial charge in [0, 0.05) is 18.8 Å². The fraction of sp³-hybridized carbons (Fsp3) is 0.923. The molecular weight excluding hydrogens is 200 g/mol. The second-order valence-corrected chi connectivity index (χ2v) is 5.71. The minimum absolute atomic E-state index is 0.0113. The molecule has 1 aliphatic heterocycles. The van der Waals surface area contributed by atoms with Gasteiger partial charge in [-0.3, -0.25) is 5.32 Å². The van der Waals surface area contributed by atoms with Crippen molar-refractivity contribution in [2.24, 2.45) is 5.92 Å². The van der Waals surface area contributed by atoms with Crippen molar-refractivity contribution in [3.8, 4) is 6.07 Å². The van der Waals surface area contributed by atoms with E-state index in [-0.39, 0.29) is 11.6 Å². The summed E-state index contributed by atoms with van der Waals surface area (Å²) in [6, 6.07) is 2.34. The molecule has 1 N–H and O–H groups in total. The van der Waals surface area contributed by atoms with Crippen LogP contribution >= 0.6 is 0 Å². The van der Waals surface area contributed by atoms with E-state index in [2.05, 4.69) is 32.2 Å². The number of hydrogen-bond acceptors (Lipinski definition) is 3. The first-order chi connectivity index (χ1) is 7.51. The van der Waals surface area contributed by atoms with Crippen LogP contribution in [-0.4, -0.2) is 24.8 Å². The molecule has 0 radical (unpaired) electrons. The molecule has 0 aromatic carbocycles. The Bertz CT molecular complexity index is 233. The van der Waals surface area contributed by atoms with Crippen molar-refractivity contribution >= 4 is 0 Å². The zero-order valence-electron chi connectivity index (χ0n) is 10.8. The molecular formula is C13H24N2O. The lowest BCUT2D eigenvalue weighted by Crippen LogP contribution is -2.43. The monoisotopic (exact) mass is 224 g/mol. The summed E-state index contributed by atoms with van der Waals surface area (Å²) >= 11 is 0. The number of nitrogens with zero attached hydrogens (tertiary/aromatic N) is 1. The Morgan fingerprint density at radius 3 is 2.50 bits per heavy atom. The Kier molecular flexibility index (Phi) is 5.24. The van der Waals surface area contributed by atoms with E-state index in [0.717, 1.165) is 44.8 Å². The summed E-state index contributed by atoms with van der Waals surface area (Å²) in [5, 5.41) is 12.4. The second kappa shape index (κ2) is 6.22. The van der Waals surface area contributed by atoms with E-state index in [9.17, 15) is 0 Å². The van der Waals surface area contributed by atoms with Crippen molar-refractivity contribution in [3.63, 3.8) is 0 Å². The van der Waals surface area contributed by atoms with Crippen molar-refractivity contribution < 1.29 is 4.74 Å². The van der Waals surface area contributed by atoms with E-state index < -0.39 is 0 Å². The maximum atomic E-state index is 9.08. The Morgan fingerprint density at radius 2 is 2.00 bits per heavy atom. The van der Waals surface area contributed by atoms with Crippen LogP contribution in [0.15, 0.2) is 0 Å². The Labute approximate surface area is 99.2 Å². The highest BCUT2D eigenvalue weighted by Gasteiger charge is 2.19. The van der Waals surface area contributed by atoms with Crippen molar-refractivity contribution in [1.29, 1.82) is 5.26 Å². The molecule has 1 atom stereocenters. The SMILES string of the molecule is CC(C)(C)NC(C#N)CCC1CCOCC1. The van der Waals surface area contributed by atoms with Crippen molar-refractivity contribution in [2.45, 2.75) is 58.0 Å². The molecule has 1 aliphatic rings. The highest BCUT2D eigenvalue weighted by atomic mass is 16.5. The summed E-state index contributed by atoms with van der Waals surface area (Å²) in [4.78, 5) is 0. The minimum atomic E-state index is -0.0113. The van der Waals surface area contributed by atoms with Gasteiger partial charge in [-0.25, -0.2) is 0 Å². The van der Waals surface area contributed by atoms with Gasteiger partial charge in [0.2, 0.25) is 0 Å². The standard InChI is InChI=1S/C13H24N2O/c1-13(2,3)15-12(10-14)5-4-11-6-8-16-9-7-11/h11-12,15H,4-9H2,1-3H3. The van der Waals surface area contributed by atoms with E-state index >= 15 is 0 Å². The Morgan fingerprint density at radius 1 is 1.38 bits per heavy atom. The van der Waals surface area contributed by atoms with Gasteiger partial charge in [0.15, 0.2) is 0 Å². The molecule has 1 saturated heterocycles. The van der Waals surface area contributed by atoms with Crippen LogP contribution in [0, 0.1) is 17.2 Å². The Hall–Kier alpha value is -0.590. The largest absolute Gasteiger partial charge is 0.381 e. The molecule has 1 unspecified atom stereocenters. The van der Waals surface area contributed by atoms with Crippen LogP contribution in [-0.2, 0) is 4.74 Å². The van der Waals surface area contributed by atoms with Gasteiger partial charge in [-0.2, -0.15) is 5.26 Å². The van der Waals surface area contributed by atoms with Crippen molar-refractivity contribution in [3.05, 3.63) is 0 Å². The van der Waals surface area contributed by atoms with Gasteiger partial charge in [-0.15, -0.1) is 0 Å². The van der Waals surface area contributed by atoms with Gasteiger partial charge in [-0.1, -0.05) is 0 Å². The molecule has 92 valence electrons. The highest BCUT2D eigenvalue weighted by molar-refractivity contribution is 4.93. The lowest BCUT2D eigenvalue weighted by Gasteiger charge is -2.27. The number of ether oxygens (including phenoxy) is 1. The normalized spacial score (nSPS) is 20.4. The van der Waals surface area contributed by atoms with Crippen LogP contribution < -0.4 is 5.32 Å². The maximum Gasteiger partial charge on any atom is 0.0957 e. The molecule has 0 aromatic heterocycles. The van der Waals surface area contributed by atoms with Crippen molar-refractivity contribution in [2.75, 3.05) is 13.2 Å². The summed E-state index contributed by atoms with van der Waals surface area (Å²) in [6.07, 6.45) is 4.42. The lowest BCUT2D eigenvalue weighted by molar-refractivity contribution is 0.0626. The number of nitrogens with one attached hydrogen (secondary N) is 1. The second-order valence-electron chi connectivity index (χ2n) is 5.71. The van der Waals surface area contributed by atoms with E-state index in [1.54, 1.807) is 0 Å². The minimum Gasteiger partial charge on any atom is -0.381 e. The summed E-state index contributed by atoms with van der Waals surface area (Å²) in [7, 11) is 0. The molecule has 0 aliphatic carbocycles. The summed E-state index contributed by atoms with van der Waals surface area (Å²) in [5.41, 5.74) is 0.0239. The third kappa shape index (κ3) is 5.48. The smallest absolute Gasteiger partial charge is 0.0957 e. The van der Waals surface area contributed by atoms with E-state index in [1.165, 1.54) is 0 Å². The third-order valence-corrected chi connectivity index (χ3v) is 2.97. The molecule has 16 heavy (non-hydrogen) atoms. The van der Waals surface area contributed by atoms with Crippen LogP contribution in [0.3, 0.4) is 0 Å². The zero-order chi connectivity index (χ0) is 12.0. The van der Waals surface area contributed by atoms with Gasteiger partial charge in [0.1, 0.15) is 0 Å². The van der Waals surface area contributed by atoms with Gasteiger partial charge in [-0.05, 0) is 52.4 Å². The van der Waals surface area contributed by atoms with Gasteiger partial charge in [0.05, 0.1) is 12.1 Å². The van der Waals surface area contributed by atoms with Gasteiger partial charge < -0.3 is 4.74 Å². The first-order valence-electron chi connectivity index (χ1n) is 6.26. The van der Waals surface area contributed by atoms with E-state index in [1.807, 2.05) is 0 Å². The molecule has 0 amide bonds. The predicted octanol–water partition coefficient (Wildman–Crippen LogP) is 2.47. The maximum absolute atomic E-state index is 9.08. The predicted molar refractivity (Wildman–Crippen MR) is 65.1 cm³/mol. The average molecular weight is 224 g/mol. The fourth-order valence-electron chi connectivity index (χ4n) is 2.13.